The molecule has 10 N–H and O–H groups in total. The van der Waals surface area contributed by atoms with Crippen molar-refractivity contribution in [2.24, 2.45) is 17.2 Å². The number of nitrogens with two attached hydrogens (primary N) is 3. The van der Waals surface area contributed by atoms with Crippen molar-refractivity contribution in [3.05, 3.63) is 0 Å². The number of nitrogens with one attached hydrogen (secondary N) is 3. The summed E-state index contributed by atoms with van der Waals surface area (Å²) in [7, 11) is 0. The lowest BCUT2D eigenvalue weighted by molar-refractivity contribution is -0.141. The highest BCUT2D eigenvalue weighted by molar-refractivity contribution is 5.91. The average Bonchev–Trinajstić information content (AvgIpc) is 2.63. The van der Waals surface area contributed by atoms with Gasteiger partial charge in [0.05, 0.1) is 6.04 Å². The zero-order valence-electron chi connectivity index (χ0n) is 16.8. The molecule has 12 heteroatoms. The molecule has 0 aliphatic carbocycles. The van der Waals surface area contributed by atoms with Crippen LogP contribution in [0.25, 0.3) is 0 Å². The molecule has 12 nitrogen and oxygen atoms in total. The van der Waals surface area contributed by atoms with Gasteiger partial charge in [-0.1, -0.05) is 0 Å². The van der Waals surface area contributed by atoms with Gasteiger partial charge in [-0.05, 0) is 46.1 Å². The summed E-state index contributed by atoms with van der Waals surface area (Å²) in [5.74, 6) is -3.81. The van der Waals surface area contributed by atoms with Crippen molar-refractivity contribution < 1.29 is 29.1 Å². The number of primary amides is 1. The average molecular weight is 416 g/mol. The van der Waals surface area contributed by atoms with E-state index in [2.05, 4.69) is 16.0 Å². The number of carboxylic acids is 1. The minimum atomic E-state index is -1.21. The van der Waals surface area contributed by atoms with Gasteiger partial charge in [-0.15, -0.1) is 0 Å². The molecule has 0 aromatic heterocycles. The van der Waals surface area contributed by atoms with Crippen LogP contribution in [0.3, 0.4) is 0 Å². The Bertz CT molecular complexity index is 597. The number of hydrogen-bond acceptors (Lipinski definition) is 7. The molecule has 0 aliphatic rings. The monoisotopic (exact) mass is 416 g/mol. The van der Waals surface area contributed by atoms with E-state index in [0.717, 1.165) is 0 Å². The number of carbonyl (C=O) groups is 5. The van der Waals surface area contributed by atoms with Crippen LogP contribution in [0, 0.1) is 0 Å². The highest BCUT2D eigenvalue weighted by atomic mass is 16.4. The Morgan fingerprint density at radius 2 is 1.52 bits per heavy atom. The van der Waals surface area contributed by atoms with Crippen LogP contribution >= 0.6 is 0 Å². The Balaban J connectivity index is 4.88. The standard InChI is InChI=1S/C17H32N6O6/c1-9(19)15(26)23-11(14(20)25)6-7-13(24)22-12(5-3-4-8-18)16(27)21-10(2)17(28)29/h9-12H,3-8,18-19H2,1-2H3,(H2,20,25)(H,21,27)(H,22,24)(H,23,26)(H,28,29). The lowest BCUT2D eigenvalue weighted by Gasteiger charge is -2.21. The van der Waals surface area contributed by atoms with E-state index in [4.69, 9.17) is 22.3 Å². The van der Waals surface area contributed by atoms with Crippen LogP contribution in [-0.2, 0) is 24.0 Å². The van der Waals surface area contributed by atoms with Crippen molar-refractivity contribution in [1.82, 2.24) is 16.0 Å². The first kappa shape index (κ1) is 26.3. The molecule has 0 aromatic carbocycles. The highest BCUT2D eigenvalue weighted by Crippen LogP contribution is 2.04. The van der Waals surface area contributed by atoms with E-state index in [9.17, 15) is 24.0 Å². The number of aliphatic carboxylic acids is 1. The van der Waals surface area contributed by atoms with Crippen LogP contribution in [0.5, 0.6) is 0 Å². The second kappa shape index (κ2) is 13.4. The zero-order valence-corrected chi connectivity index (χ0v) is 16.8. The normalized spacial score (nSPS) is 14.8. The number of amides is 4. The van der Waals surface area contributed by atoms with E-state index < -0.39 is 53.8 Å². The molecule has 0 spiro atoms. The molecular weight excluding hydrogens is 384 g/mol. The predicted molar refractivity (Wildman–Crippen MR) is 104 cm³/mol. The fraction of sp³-hybridized carbons (Fsp3) is 0.706. The van der Waals surface area contributed by atoms with Gasteiger partial charge in [-0.3, -0.25) is 24.0 Å². The Morgan fingerprint density at radius 1 is 0.897 bits per heavy atom. The maximum atomic E-state index is 12.3. The Kier molecular flexibility index (Phi) is 12.2. The van der Waals surface area contributed by atoms with Crippen LogP contribution in [0.4, 0.5) is 0 Å². The molecule has 4 atom stereocenters. The Hall–Kier alpha value is -2.73. The molecule has 166 valence electrons. The summed E-state index contributed by atoms with van der Waals surface area (Å²) >= 11 is 0. The minimum Gasteiger partial charge on any atom is -0.480 e. The molecule has 0 aromatic rings. The number of hydrogen-bond donors (Lipinski definition) is 7. The molecule has 0 saturated heterocycles. The molecule has 0 saturated carbocycles. The van der Waals surface area contributed by atoms with Gasteiger partial charge in [0.2, 0.25) is 23.6 Å². The van der Waals surface area contributed by atoms with Crippen molar-refractivity contribution in [1.29, 1.82) is 0 Å². The van der Waals surface area contributed by atoms with Crippen LogP contribution < -0.4 is 33.2 Å². The topological polar surface area (TPSA) is 220 Å². The van der Waals surface area contributed by atoms with E-state index in [0.29, 0.717) is 19.4 Å². The maximum absolute atomic E-state index is 12.3. The summed E-state index contributed by atoms with van der Waals surface area (Å²) in [6.45, 7) is 3.15. The van der Waals surface area contributed by atoms with E-state index in [1.807, 2.05) is 0 Å². The first-order valence-corrected chi connectivity index (χ1v) is 9.37. The summed E-state index contributed by atoms with van der Waals surface area (Å²) in [6, 6.07) is -4.01. The van der Waals surface area contributed by atoms with Crippen LogP contribution in [0.15, 0.2) is 0 Å². The van der Waals surface area contributed by atoms with Crippen LogP contribution in [0.1, 0.15) is 46.0 Å². The fourth-order valence-corrected chi connectivity index (χ4v) is 2.27. The zero-order chi connectivity index (χ0) is 22.6. The number of carboxylic acid groups (broad SMARTS) is 1. The fourth-order valence-electron chi connectivity index (χ4n) is 2.27. The smallest absolute Gasteiger partial charge is 0.325 e. The van der Waals surface area contributed by atoms with Gasteiger partial charge in [0.1, 0.15) is 18.1 Å². The summed E-state index contributed by atoms with van der Waals surface area (Å²) in [5.41, 5.74) is 16.1. The van der Waals surface area contributed by atoms with E-state index >= 15 is 0 Å². The van der Waals surface area contributed by atoms with Crippen molar-refractivity contribution in [2.75, 3.05) is 6.54 Å². The van der Waals surface area contributed by atoms with Gasteiger partial charge < -0.3 is 38.3 Å². The van der Waals surface area contributed by atoms with Gasteiger partial charge in [-0.25, -0.2) is 0 Å². The molecule has 29 heavy (non-hydrogen) atoms. The molecule has 0 heterocycles. The first-order valence-electron chi connectivity index (χ1n) is 9.37. The van der Waals surface area contributed by atoms with Gasteiger partial charge in [0.15, 0.2) is 0 Å². The second-order valence-corrected chi connectivity index (χ2v) is 6.76. The number of carbonyl (C=O) groups excluding carboxylic acids is 4. The molecule has 0 fully saturated rings. The SMILES string of the molecule is CC(N)C(=O)NC(CCC(=O)NC(CCCCN)C(=O)NC(C)C(=O)O)C(N)=O. The van der Waals surface area contributed by atoms with Crippen LogP contribution in [-0.4, -0.2) is 65.4 Å². The van der Waals surface area contributed by atoms with Crippen LogP contribution in [0.2, 0.25) is 0 Å². The summed E-state index contributed by atoms with van der Waals surface area (Å²) in [6.07, 6.45) is 1.16. The van der Waals surface area contributed by atoms with Crippen molar-refractivity contribution >= 4 is 29.6 Å². The van der Waals surface area contributed by atoms with E-state index in [1.54, 1.807) is 0 Å². The predicted octanol–water partition coefficient (Wildman–Crippen LogP) is -2.71. The maximum Gasteiger partial charge on any atom is 0.325 e. The Labute approximate surface area is 169 Å². The second-order valence-electron chi connectivity index (χ2n) is 6.76. The van der Waals surface area contributed by atoms with E-state index in [1.165, 1.54) is 13.8 Å². The lowest BCUT2D eigenvalue weighted by Crippen LogP contribution is -2.52. The van der Waals surface area contributed by atoms with Crippen molar-refractivity contribution in [2.45, 2.75) is 70.1 Å². The van der Waals surface area contributed by atoms with E-state index in [-0.39, 0.29) is 19.3 Å². The minimum absolute atomic E-state index is 0.0811. The third-order valence-corrected chi connectivity index (χ3v) is 4.06. The molecule has 4 amide bonds. The van der Waals surface area contributed by atoms with Gasteiger partial charge in [0, 0.05) is 6.42 Å². The quantitative estimate of drug-likeness (QED) is 0.147. The summed E-state index contributed by atoms with van der Waals surface area (Å²) < 4.78 is 0. The van der Waals surface area contributed by atoms with Gasteiger partial charge in [-0.2, -0.15) is 0 Å². The largest absolute Gasteiger partial charge is 0.480 e. The molecule has 0 radical (unpaired) electrons. The number of unbranched alkanes of at least 4 members (excludes halogenated alkanes) is 1. The van der Waals surface area contributed by atoms with Crippen molar-refractivity contribution in [3.63, 3.8) is 0 Å². The lowest BCUT2D eigenvalue weighted by atomic mass is 10.1. The summed E-state index contributed by atoms with van der Waals surface area (Å²) in [5, 5.41) is 16.1. The third-order valence-electron chi connectivity index (χ3n) is 4.06. The highest BCUT2D eigenvalue weighted by Gasteiger charge is 2.25. The molecule has 0 bridgehead atoms. The first-order chi connectivity index (χ1) is 13.5. The Morgan fingerprint density at radius 3 is 2.00 bits per heavy atom. The molecular formula is C17H32N6O6. The molecule has 4 unspecified atom stereocenters. The van der Waals surface area contributed by atoms with Gasteiger partial charge in [0.25, 0.3) is 0 Å². The molecule has 0 aliphatic heterocycles. The molecule has 0 rings (SSSR count). The summed E-state index contributed by atoms with van der Waals surface area (Å²) in [4.78, 5) is 58.5. The number of rotatable bonds is 14. The van der Waals surface area contributed by atoms with Crippen molar-refractivity contribution in [3.8, 4) is 0 Å². The van der Waals surface area contributed by atoms with Gasteiger partial charge >= 0.3 is 5.97 Å². The third kappa shape index (κ3) is 11.0.